The maximum absolute atomic E-state index is 10.0. The Morgan fingerprint density at radius 2 is 1.88 bits per heavy atom. The Labute approximate surface area is 145 Å². The van der Waals surface area contributed by atoms with Gasteiger partial charge in [-0.25, -0.2) is 0 Å². The zero-order valence-electron chi connectivity index (χ0n) is 13.9. The Bertz CT molecular complexity index is 1040. The van der Waals surface area contributed by atoms with E-state index in [1.165, 1.54) is 11.1 Å². The second-order valence-electron chi connectivity index (χ2n) is 6.10. The van der Waals surface area contributed by atoms with Gasteiger partial charge in [-0.05, 0) is 36.2 Å². The molecule has 0 aliphatic carbocycles. The molecule has 4 aromatic rings. The average molecular weight is 330 g/mol. The number of phenols is 1. The number of hydrogen-bond acceptors (Lipinski definition) is 4. The molecule has 0 aliphatic rings. The van der Waals surface area contributed by atoms with E-state index in [1.807, 2.05) is 36.4 Å². The lowest BCUT2D eigenvalue weighted by molar-refractivity contribution is 0.459. The van der Waals surface area contributed by atoms with Gasteiger partial charge < -0.3 is 14.9 Å². The van der Waals surface area contributed by atoms with Gasteiger partial charge in [0.05, 0.1) is 5.39 Å². The topological polar surface area (TPSA) is 58.3 Å². The second kappa shape index (κ2) is 6.32. The van der Waals surface area contributed by atoms with Crippen molar-refractivity contribution in [2.75, 3.05) is 5.32 Å². The van der Waals surface area contributed by atoms with Crippen molar-refractivity contribution in [3.63, 3.8) is 0 Å². The largest absolute Gasteiger partial charge is 0.507 e. The van der Waals surface area contributed by atoms with Crippen molar-refractivity contribution in [3.8, 4) is 16.9 Å². The summed E-state index contributed by atoms with van der Waals surface area (Å²) in [6.07, 6.45) is 0. The molecule has 0 fully saturated rings. The van der Waals surface area contributed by atoms with Gasteiger partial charge in [0.25, 0.3) is 0 Å². The molecular weight excluding hydrogens is 312 g/mol. The van der Waals surface area contributed by atoms with E-state index in [0.29, 0.717) is 12.1 Å². The van der Waals surface area contributed by atoms with E-state index in [4.69, 9.17) is 4.52 Å². The van der Waals surface area contributed by atoms with Gasteiger partial charge in [-0.3, -0.25) is 0 Å². The van der Waals surface area contributed by atoms with Gasteiger partial charge in [0.2, 0.25) is 0 Å². The molecule has 1 heterocycles. The first-order valence-electron chi connectivity index (χ1n) is 8.18. The van der Waals surface area contributed by atoms with Crippen molar-refractivity contribution in [2.45, 2.75) is 13.5 Å². The Morgan fingerprint density at radius 3 is 2.72 bits per heavy atom. The van der Waals surface area contributed by atoms with Gasteiger partial charge in [-0.15, -0.1) is 0 Å². The summed E-state index contributed by atoms with van der Waals surface area (Å²) in [6.45, 7) is 2.76. The number of rotatable bonds is 4. The monoisotopic (exact) mass is 330 g/mol. The predicted molar refractivity (Wildman–Crippen MR) is 99.6 cm³/mol. The number of anilines is 1. The third-order valence-corrected chi connectivity index (χ3v) is 4.23. The molecule has 4 nitrogen and oxygen atoms in total. The van der Waals surface area contributed by atoms with E-state index in [1.54, 1.807) is 12.1 Å². The van der Waals surface area contributed by atoms with E-state index in [-0.39, 0.29) is 5.75 Å². The molecule has 1 aromatic heterocycles. The van der Waals surface area contributed by atoms with Crippen LogP contribution in [0.1, 0.15) is 11.1 Å². The van der Waals surface area contributed by atoms with Crippen molar-refractivity contribution in [3.05, 3.63) is 77.9 Å². The highest BCUT2D eigenvalue weighted by molar-refractivity contribution is 5.91. The Morgan fingerprint density at radius 1 is 1.00 bits per heavy atom. The summed E-state index contributed by atoms with van der Waals surface area (Å²) in [5.74, 6) is 0.972. The lowest BCUT2D eigenvalue weighted by atomic mass is 10.0. The SMILES string of the molecule is Cc1cccc(CNc2noc3cc(-c4ccccc4O)ccc23)c1. The number of nitrogens with one attached hydrogen (secondary N) is 1. The number of hydrogen-bond donors (Lipinski definition) is 2. The van der Waals surface area contributed by atoms with Gasteiger partial charge in [0.1, 0.15) is 5.75 Å². The lowest BCUT2D eigenvalue weighted by Gasteiger charge is -2.05. The average Bonchev–Trinajstić information content (AvgIpc) is 3.03. The number of benzene rings is 3. The van der Waals surface area contributed by atoms with Crippen LogP contribution in [0.4, 0.5) is 5.82 Å². The highest BCUT2D eigenvalue weighted by Crippen LogP contribution is 2.32. The number of phenolic OH excluding ortho intramolecular Hbond substituents is 1. The van der Waals surface area contributed by atoms with E-state index < -0.39 is 0 Å². The van der Waals surface area contributed by atoms with Crippen molar-refractivity contribution in [1.29, 1.82) is 0 Å². The van der Waals surface area contributed by atoms with E-state index in [0.717, 1.165) is 22.3 Å². The minimum absolute atomic E-state index is 0.249. The standard InChI is InChI=1S/C21H18N2O2/c1-14-5-4-6-15(11-14)13-22-21-18-10-9-16(12-20(18)25-23-21)17-7-2-3-8-19(17)24/h2-12,24H,13H2,1H3,(H,22,23). The van der Waals surface area contributed by atoms with Crippen LogP contribution in [0.2, 0.25) is 0 Å². The minimum atomic E-state index is 0.249. The van der Waals surface area contributed by atoms with Crippen LogP contribution in [-0.4, -0.2) is 10.3 Å². The van der Waals surface area contributed by atoms with Gasteiger partial charge in [0.15, 0.2) is 11.4 Å². The molecule has 0 saturated carbocycles. The number of aromatic nitrogens is 1. The fraction of sp³-hybridized carbons (Fsp3) is 0.0952. The van der Waals surface area contributed by atoms with E-state index >= 15 is 0 Å². The molecule has 0 spiro atoms. The first kappa shape index (κ1) is 15.3. The summed E-state index contributed by atoms with van der Waals surface area (Å²) in [4.78, 5) is 0. The van der Waals surface area contributed by atoms with Crippen LogP contribution >= 0.6 is 0 Å². The lowest BCUT2D eigenvalue weighted by Crippen LogP contribution is -1.99. The zero-order valence-corrected chi connectivity index (χ0v) is 13.9. The number of fused-ring (bicyclic) bond motifs is 1. The molecule has 0 unspecified atom stereocenters. The normalized spacial score (nSPS) is 10.9. The van der Waals surface area contributed by atoms with Crippen molar-refractivity contribution in [1.82, 2.24) is 5.16 Å². The van der Waals surface area contributed by atoms with Crippen LogP contribution in [0.3, 0.4) is 0 Å². The number of aryl methyl sites for hydroxylation is 1. The molecule has 124 valence electrons. The van der Waals surface area contributed by atoms with Crippen LogP contribution in [0.5, 0.6) is 5.75 Å². The predicted octanol–water partition coefficient (Wildman–Crippen LogP) is 5.12. The highest BCUT2D eigenvalue weighted by atomic mass is 16.5. The molecule has 0 amide bonds. The van der Waals surface area contributed by atoms with Gasteiger partial charge >= 0.3 is 0 Å². The fourth-order valence-corrected chi connectivity index (χ4v) is 2.96. The summed E-state index contributed by atoms with van der Waals surface area (Å²) < 4.78 is 5.47. The Kier molecular flexibility index (Phi) is 3.86. The van der Waals surface area contributed by atoms with Gasteiger partial charge in [-0.1, -0.05) is 59.3 Å². The minimum Gasteiger partial charge on any atom is -0.507 e. The third kappa shape index (κ3) is 3.06. The molecule has 4 heteroatoms. The maximum Gasteiger partial charge on any atom is 0.177 e. The number of para-hydroxylation sites is 1. The summed E-state index contributed by atoms with van der Waals surface area (Å²) in [7, 11) is 0. The molecule has 4 rings (SSSR count). The van der Waals surface area contributed by atoms with Crippen molar-refractivity contribution in [2.24, 2.45) is 0 Å². The van der Waals surface area contributed by atoms with E-state index in [9.17, 15) is 5.11 Å². The second-order valence-corrected chi connectivity index (χ2v) is 6.10. The molecule has 0 atom stereocenters. The Balaban J connectivity index is 1.61. The molecule has 25 heavy (non-hydrogen) atoms. The molecule has 3 aromatic carbocycles. The maximum atomic E-state index is 10.0. The van der Waals surface area contributed by atoms with Crippen LogP contribution in [0.15, 0.2) is 71.3 Å². The summed E-state index contributed by atoms with van der Waals surface area (Å²) >= 11 is 0. The molecular formula is C21H18N2O2. The zero-order chi connectivity index (χ0) is 17.2. The van der Waals surface area contributed by atoms with Gasteiger partial charge in [0, 0.05) is 12.1 Å². The highest BCUT2D eigenvalue weighted by Gasteiger charge is 2.11. The van der Waals surface area contributed by atoms with E-state index in [2.05, 4.69) is 35.6 Å². The van der Waals surface area contributed by atoms with Crippen LogP contribution in [0.25, 0.3) is 22.1 Å². The first-order valence-corrected chi connectivity index (χ1v) is 8.18. The summed E-state index contributed by atoms with van der Waals surface area (Å²) in [6, 6.07) is 21.4. The molecule has 0 bridgehead atoms. The third-order valence-electron chi connectivity index (χ3n) is 4.23. The van der Waals surface area contributed by atoms with Crippen LogP contribution in [0, 0.1) is 6.92 Å². The summed E-state index contributed by atoms with van der Waals surface area (Å²) in [5.41, 5.74) is 4.79. The smallest absolute Gasteiger partial charge is 0.177 e. The van der Waals surface area contributed by atoms with Gasteiger partial charge in [-0.2, -0.15) is 0 Å². The molecule has 2 N–H and O–H groups in total. The van der Waals surface area contributed by atoms with Crippen LogP contribution < -0.4 is 5.32 Å². The molecule has 0 saturated heterocycles. The molecule has 0 aliphatic heterocycles. The fourth-order valence-electron chi connectivity index (χ4n) is 2.96. The van der Waals surface area contributed by atoms with Crippen molar-refractivity contribution >= 4 is 16.8 Å². The quantitative estimate of drug-likeness (QED) is 0.545. The Hall–Kier alpha value is -3.27. The number of aromatic hydroxyl groups is 1. The van der Waals surface area contributed by atoms with Crippen LogP contribution in [-0.2, 0) is 6.54 Å². The first-order chi connectivity index (χ1) is 12.2. The van der Waals surface area contributed by atoms with Crippen molar-refractivity contribution < 1.29 is 9.63 Å². The summed E-state index contributed by atoms with van der Waals surface area (Å²) in [5, 5.41) is 18.4. The molecule has 0 radical (unpaired) electrons. The number of nitrogens with zero attached hydrogens (tertiary/aromatic N) is 1.